The Bertz CT molecular complexity index is 2810. The van der Waals surface area contributed by atoms with E-state index in [1.807, 2.05) is 0 Å². The van der Waals surface area contributed by atoms with Gasteiger partial charge >= 0.3 is 0 Å². The molecule has 0 saturated heterocycles. The lowest BCUT2D eigenvalue weighted by Gasteiger charge is -2.30. The average molecular weight is 706 g/mol. The van der Waals surface area contributed by atoms with Gasteiger partial charge in [0.1, 0.15) is 0 Å². The van der Waals surface area contributed by atoms with E-state index in [1.165, 1.54) is 61.0 Å². The normalized spacial score (nSPS) is 16.7. The Balaban J connectivity index is 0.982. The summed E-state index contributed by atoms with van der Waals surface area (Å²) < 4.78 is 2.39. The molecule has 0 fully saturated rings. The molecule has 2 atom stereocenters. The summed E-state index contributed by atoms with van der Waals surface area (Å²) in [7, 11) is 0. The summed E-state index contributed by atoms with van der Waals surface area (Å²) >= 11 is 0. The lowest BCUT2D eigenvalue weighted by Crippen LogP contribution is -2.28. The van der Waals surface area contributed by atoms with E-state index in [4.69, 9.17) is 0 Å². The van der Waals surface area contributed by atoms with Crippen LogP contribution in [0.15, 0.2) is 194 Å². The van der Waals surface area contributed by atoms with E-state index in [0.29, 0.717) is 5.92 Å². The van der Waals surface area contributed by atoms with Gasteiger partial charge in [-0.15, -0.1) is 0 Å². The zero-order chi connectivity index (χ0) is 36.3. The molecule has 262 valence electrons. The summed E-state index contributed by atoms with van der Waals surface area (Å²) in [4.78, 5) is 4.98. The summed E-state index contributed by atoms with van der Waals surface area (Å²) in [6, 6.07) is 60.2. The fraction of sp³-hybridized carbons (Fsp3) is 0.0769. The van der Waals surface area contributed by atoms with Gasteiger partial charge in [0.15, 0.2) is 0 Å². The van der Waals surface area contributed by atoms with Crippen LogP contribution in [0.4, 0.5) is 28.4 Å². The van der Waals surface area contributed by atoms with Gasteiger partial charge in [0.25, 0.3) is 0 Å². The van der Waals surface area contributed by atoms with Crippen molar-refractivity contribution in [3.8, 4) is 16.8 Å². The van der Waals surface area contributed by atoms with Crippen LogP contribution in [0.5, 0.6) is 0 Å². The smallest absolute Gasteiger partial charge is 0.0629 e. The Morgan fingerprint density at radius 3 is 2.05 bits per heavy atom. The molecule has 11 rings (SSSR count). The quantitative estimate of drug-likeness (QED) is 0.171. The lowest BCUT2D eigenvalue weighted by atomic mass is 9.88. The van der Waals surface area contributed by atoms with Crippen LogP contribution in [-0.2, 0) is 6.42 Å². The van der Waals surface area contributed by atoms with Crippen LogP contribution >= 0.6 is 0 Å². The Morgan fingerprint density at radius 1 is 0.545 bits per heavy atom. The molecule has 0 radical (unpaired) electrons. The van der Waals surface area contributed by atoms with E-state index in [-0.39, 0.29) is 6.04 Å². The van der Waals surface area contributed by atoms with Crippen LogP contribution in [0.25, 0.3) is 44.7 Å². The van der Waals surface area contributed by atoms with E-state index < -0.39 is 0 Å². The topological polar surface area (TPSA) is 11.4 Å². The summed E-state index contributed by atoms with van der Waals surface area (Å²) in [6.07, 6.45) is 16.1. The van der Waals surface area contributed by atoms with Gasteiger partial charge in [0.2, 0.25) is 0 Å². The predicted molar refractivity (Wildman–Crippen MR) is 232 cm³/mol. The van der Waals surface area contributed by atoms with E-state index in [1.54, 1.807) is 0 Å². The van der Waals surface area contributed by atoms with Crippen molar-refractivity contribution in [3.05, 3.63) is 211 Å². The SMILES string of the molecule is C1=CC2c3ccc4c(c3N(c3ccc(-c5ccc(N(c6ccccc6)c6cccc7c6c6ccccc6n7-c6ccccc6)cc5)cc3)C2C=C1)C=CCC4. The summed E-state index contributed by atoms with van der Waals surface area (Å²) in [5.41, 5.74) is 16.2. The molecular weight excluding hydrogens is 667 g/mol. The fourth-order valence-electron chi connectivity index (χ4n) is 9.29. The van der Waals surface area contributed by atoms with Crippen LogP contribution in [0.3, 0.4) is 0 Å². The zero-order valence-electron chi connectivity index (χ0n) is 30.5. The number of fused-ring (bicyclic) bond motifs is 8. The average Bonchev–Trinajstić information content (AvgIpc) is 3.79. The van der Waals surface area contributed by atoms with Crippen LogP contribution < -0.4 is 9.80 Å². The van der Waals surface area contributed by atoms with Gasteiger partial charge in [0.05, 0.1) is 28.5 Å². The van der Waals surface area contributed by atoms with Crippen LogP contribution in [0.2, 0.25) is 0 Å². The Hall–Kier alpha value is -6.84. The van der Waals surface area contributed by atoms with Crippen molar-refractivity contribution in [2.45, 2.75) is 24.8 Å². The summed E-state index contributed by atoms with van der Waals surface area (Å²) in [5.74, 6) is 0.362. The molecule has 0 amide bonds. The second-order valence-electron chi connectivity index (χ2n) is 14.8. The Kier molecular flexibility index (Phi) is 7.44. The Morgan fingerprint density at radius 2 is 1.24 bits per heavy atom. The molecule has 2 unspecified atom stereocenters. The van der Waals surface area contributed by atoms with E-state index >= 15 is 0 Å². The lowest BCUT2D eigenvalue weighted by molar-refractivity contribution is 0.744. The van der Waals surface area contributed by atoms with Gasteiger partial charge in [-0.05, 0) is 102 Å². The molecule has 2 aliphatic carbocycles. The van der Waals surface area contributed by atoms with Crippen LogP contribution in [-0.4, -0.2) is 10.6 Å². The molecule has 8 aromatic rings. The van der Waals surface area contributed by atoms with Crippen molar-refractivity contribution >= 4 is 56.3 Å². The highest BCUT2D eigenvalue weighted by atomic mass is 15.2. The van der Waals surface area contributed by atoms with Crippen molar-refractivity contribution in [2.75, 3.05) is 9.80 Å². The van der Waals surface area contributed by atoms with Crippen molar-refractivity contribution in [3.63, 3.8) is 0 Å². The molecule has 0 bridgehead atoms. The van der Waals surface area contributed by atoms with Crippen molar-refractivity contribution in [2.24, 2.45) is 0 Å². The maximum Gasteiger partial charge on any atom is 0.0629 e. The fourth-order valence-corrected chi connectivity index (χ4v) is 9.29. The van der Waals surface area contributed by atoms with Gasteiger partial charge in [-0.25, -0.2) is 0 Å². The monoisotopic (exact) mass is 705 g/mol. The van der Waals surface area contributed by atoms with Gasteiger partial charge < -0.3 is 14.4 Å². The zero-order valence-corrected chi connectivity index (χ0v) is 30.5. The van der Waals surface area contributed by atoms with Gasteiger partial charge in [-0.2, -0.15) is 0 Å². The number of hydrogen-bond donors (Lipinski definition) is 0. The second-order valence-corrected chi connectivity index (χ2v) is 14.8. The minimum absolute atomic E-state index is 0.280. The van der Waals surface area contributed by atoms with Crippen molar-refractivity contribution in [1.29, 1.82) is 0 Å². The molecule has 1 aliphatic heterocycles. The highest BCUT2D eigenvalue weighted by Crippen LogP contribution is 2.51. The van der Waals surface area contributed by atoms with E-state index in [9.17, 15) is 0 Å². The van der Waals surface area contributed by atoms with Gasteiger partial charge in [-0.1, -0.05) is 134 Å². The number of allylic oxidation sites excluding steroid dienone is 3. The molecule has 3 heteroatoms. The number of aromatic nitrogens is 1. The predicted octanol–water partition coefficient (Wildman–Crippen LogP) is 13.6. The molecule has 0 spiro atoms. The number of para-hydroxylation sites is 3. The van der Waals surface area contributed by atoms with Crippen molar-refractivity contribution < 1.29 is 0 Å². The molecule has 2 heterocycles. The first-order chi connectivity index (χ1) is 27.3. The summed E-state index contributed by atoms with van der Waals surface area (Å²) in [5, 5.41) is 2.47. The third-order valence-corrected chi connectivity index (χ3v) is 11.8. The van der Waals surface area contributed by atoms with Gasteiger partial charge in [-0.3, -0.25) is 0 Å². The standard InChI is InChI=1S/C52H39N3/c1-3-15-39(16-4-1)53(49-24-13-25-50-51(49)46-21-10-12-23-48(46)54(50)40-17-5-2-6-18-40)41-31-26-36(27-32-41)37-28-33-42(34-29-37)55-47-22-11-9-20-44(47)45-35-30-38-14-7-8-19-43(38)52(45)55/h1-6,8-13,15-35,44,47H,7,14H2. The third-order valence-electron chi connectivity index (χ3n) is 11.8. The molecule has 0 N–H and O–H groups in total. The number of aryl methyl sites for hydroxylation is 1. The molecule has 0 saturated carbocycles. The van der Waals surface area contributed by atoms with Crippen LogP contribution in [0, 0.1) is 0 Å². The number of anilines is 5. The molecule has 1 aromatic heterocycles. The molecule has 55 heavy (non-hydrogen) atoms. The molecule has 3 aliphatic rings. The number of benzene rings is 7. The highest BCUT2D eigenvalue weighted by molar-refractivity contribution is 6.16. The van der Waals surface area contributed by atoms with E-state index in [0.717, 1.165) is 35.6 Å². The molecular formula is C52H39N3. The maximum absolute atomic E-state index is 2.58. The summed E-state index contributed by atoms with van der Waals surface area (Å²) in [6.45, 7) is 0. The van der Waals surface area contributed by atoms with E-state index in [2.05, 4.69) is 215 Å². The first-order valence-corrected chi connectivity index (χ1v) is 19.4. The maximum atomic E-state index is 2.58. The largest absolute Gasteiger partial charge is 0.333 e. The minimum Gasteiger partial charge on any atom is -0.333 e. The first kappa shape index (κ1) is 31.7. The molecule has 7 aromatic carbocycles. The first-order valence-electron chi connectivity index (χ1n) is 19.4. The highest BCUT2D eigenvalue weighted by Gasteiger charge is 2.39. The third kappa shape index (κ3) is 5.11. The number of nitrogens with zero attached hydrogens (tertiary/aromatic N) is 3. The second kappa shape index (κ2) is 12.9. The minimum atomic E-state index is 0.280. The number of rotatable bonds is 6. The Labute approximate surface area is 322 Å². The van der Waals surface area contributed by atoms with Crippen LogP contribution in [0.1, 0.15) is 29.0 Å². The number of hydrogen-bond acceptors (Lipinski definition) is 2. The van der Waals surface area contributed by atoms with Crippen molar-refractivity contribution in [1.82, 2.24) is 4.57 Å². The van der Waals surface area contributed by atoms with Gasteiger partial charge in [0, 0.05) is 45.0 Å². The molecule has 3 nitrogen and oxygen atoms in total.